The molecule has 2 aromatic carbocycles. The topological polar surface area (TPSA) is 70.9 Å². The summed E-state index contributed by atoms with van der Waals surface area (Å²) in [5.74, 6) is 0.0969. The molecule has 8 heteroatoms. The van der Waals surface area contributed by atoms with Gasteiger partial charge in [-0.05, 0) is 53.2 Å². The SMILES string of the molecule is CCOc1ccc(Br)cc1C(=O)NN=Cc1cc(Br)cc(Br)c1O. The summed E-state index contributed by atoms with van der Waals surface area (Å²) >= 11 is 9.89. The van der Waals surface area contributed by atoms with Crippen molar-refractivity contribution in [2.75, 3.05) is 6.61 Å². The molecule has 0 bridgehead atoms. The Bertz CT molecular complexity index is 794. The Morgan fingerprint density at radius 1 is 1.25 bits per heavy atom. The van der Waals surface area contributed by atoms with Crippen molar-refractivity contribution >= 4 is 59.9 Å². The van der Waals surface area contributed by atoms with Gasteiger partial charge in [-0.2, -0.15) is 5.10 Å². The maximum Gasteiger partial charge on any atom is 0.275 e. The number of amides is 1. The fraction of sp³-hybridized carbons (Fsp3) is 0.125. The maximum absolute atomic E-state index is 12.3. The minimum Gasteiger partial charge on any atom is -0.506 e. The summed E-state index contributed by atoms with van der Waals surface area (Å²) in [6, 6.07) is 8.55. The molecule has 0 aliphatic carbocycles. The number of benzene rings is 2. The molecule has 0 saturated carbocycles. The molecule has 0 heterocycles. The zero-order chi connectivity index (χ0) is 17.7. The first-order valence-corrected chi connectivity index (χ1v) is 9.24. The van der Waals surface area contributed by atoms with E-state index in [1.54, 1.807) is 30.3 Å². The average molecular weight is 521 g/mol. The first kappa shape index (κ1) is 19.0. The number of carbonyl (C=O) groups is 1. The summed E-state index contributed by atoms with van der Waals surface area (Å²) in [5, 5.41) is 13.9. The van der Waals surface area contributed by atoms with Crippen LogP contribution in [0, 0.1) is 0 Å². The van der Waals surface area contributed by atoms with E-state index in [-0.39, 0.29) is 5.75 Å². The quantitative estimate of drug-likeness (QED) is 0.438. The second kappa shape index (κ2) is 8.64. The molecule has 0 unspecified atom stereocenters. The summed E-state index contributed by atoms with van der Waals surface area (Å²) < 4.78 is 7.49. The van der Waals surface area contributed by atoms with Gasteiger partial charge in [0, 0.05) is 14.5 Å². The Hall–Kier alpha value is -1.38. The lowest BCUT2D eigenvalue weighted by Gasteiger charge is -2.09. The number of phenols is 1. The monoisotopic (exact) mass is 518 g/mol. The van der Waals surface area contributed by atoms with E-state index in [4.69, 9.17) is 4.74 Å². The predicted molar refractivity (Wildman–Crippen MR) is 104 cm³/mol. The predicted octanol–water partition coefficient (Wildman–Crippen LogP) is 4.84. The molecule has 2 N–H and O–H groups in total. The molecule has 0 atom stereocenters. The van der Waals surface area contributed by atoms with Crippen LogP contribution < -0.4 is 10.2 Å². The summed E-state index contributed by atoms with van der Waals surface area (Å²) in [7, 11) is 0. The average Bonchev–Trinajstić information content (AvgIpc) is 2.53. The van der Waals surface area contributed by atoms with E-state index in [0.717, 1.165) is 8.95 Å². The standard InChI is InChI=1S/C16H13Br3N2O3/c1-2-24-14-4-3-10(17)6-12(14)16(23)21-20-8-9-5-11(18)7-13(19)15(9)22/h3-8,22H,2H2,1H3,(H,21,23). The van der Waals surface area contributed by atoms with Crippen molar-refractivity contribution in [2.24, 2.45) is 5.10 Å². The number of halogens is 3. The maximum atomic E-state index is 12.3. The molecule has 2 rings (SSSR count). The number of phenolic OH excluding ortho intramolecular Hbond substituents is 1. The fourth-order valence-electron chi connectivity index (χ4n) is 1.87. The second-order valence-electron chi connectivity index (χ2n) is 4.60. The lowest BCUT2D eigenvalue weighted by atomic mass is 10.2. The van der Waals surface area contributed by atoms with E-state index in [2.05, 4.69) is 58.3 Å². The number of nitrogens with zero attached hydrogens (tertiary/aromatic N) is 1. The van der Waals surface area contributed by atoms with Crippen LogP contribution >= 0.6 is 47.8 Å². The van der Waals surface area contributed by atoms with Gasteiger partial charge in [0.2, 0.25) is 0 Å². The highest BCUT2D eigenvalue weighted by molar-refractivity contribution is 9.11. The van der Waals surface area contributed by atoms with Gasteiger partial charge in [-0.15, -0.1) is 0 Å². The molecule has 0 radical (unpaired) electrons. The highest BCUT2D eigenvalue weighted by Crippen LogP contribution is 2.30. The minimum absolute atomic E-state index is 0.0358. The van der Waals surface area contributed by atoms with E-state index in [0.29, 0.717) is 28.0 Å². The van der Waals surface area contributed by atoms with Crippen molar-refractivity contribution in [3.8, 4) is 11.5 Å². The second-order valence-corrected chi connectivity index (χ2v) is 7.28. The minimum atomic E-state index is -0.412. The lowest BCUT2D eigenvalue weighted by Crippen LogP contribution is -2.18. The molecule has 0 aliphatic heterocycles. The lowest BCUT2D eigenvalue weighted by molar-refractivity contribution is 0.0951. The third-order valence-corrected chi connectivity index (χ3v) is 4.47. The van der Waals surface area contributed by atoms with Gasteiger partial charge in [-0.3, -0.25) is 4.79 Å². The number of ether oxygens (including phenoxy) is 1. The van der Waals surface area contributed by atoms with Crippen LogP contribution in [0.5, 0.6) is 11.5 Å². The van der Waals surface area contributed by atoms with Crippen LogP contribution in [0.15, 0.2) is 48.9 Å². The number of nitrogens with one attached hydrogen (secondary N) is 1. The van der Waals surface area contributed by atoms with Gasteiger partial charge in [-0.1, -0.05) is 31.9 Å². The highest BCUT2D eigenvalue weighted by atomic mass is 79.9. The fourth-order valence-corrected chi connectivity index (χ4v) is 3.49. The number of hydrogen-bond acceptors (Lipinski definition) is 4. The molecular formula is C16H13Br3N2O3. The van der Waals surface area contributed by atoms with E-state index in [9.17, 15) is 9.90 Å². The number of hydrogen-bond donors (Lipinski definition) is 2. The van der Waals surface area contributed by atoms with Gasteiger partial charge in [0.05, 0.1) is 22.9 Å². The highest BCUT2D eigenvalue weighted by Gasteiger charge is 2.13. The molecule has 0 aliphatic rings. The Balaban J connectivity index is 2.18. The summed E-state index contributed by atoms with van der Waals surface area (Å²) in [6.07, 6.45) is 1.36. The molecule has 0 fully saturated rings. The van der Waals surface area contributed by atoms with Crippen LogP contribution in [-0.4, -0.2) is 23.8 Å². The Kier molecular flexibility index (Phi) is 6.82. The third kappa shape index (κ3) is 4.81. The number of rotatable bonds is 5. The van der Waals surface area contributed by atoms with Crippen molar-refractivity contribution in [2.45, 2.75) is 6.92 Å². The molecule has 0 aromatic heterocycles. The normalized spacial score (nSPS) is 10.8. The van der Waals surface area contributed by atoms with Crippen LogP contribution in [0.3, 0.4) is 0 Å². The van der Waals surface area contributed by atoms with Crippen molar-refractivity contribution in [3.05, 3.63) is 54.9 Å². The largest absolute Gasteiger partial charge is 0.506 e. The van der Waals surface area contributed by atoms with E-state index < -0.39 is 5.91 Å². The Morgan fingerprint density at radius 3 is 2.71 bits per heavy atom. The van der Waals surface area contributed by atoms with Gasteiger partial charge >= 0.3 is 0 Å². The van der Waals surface area contributed by atoms with Crippen molar-refractivity contribution in [1.29, 1.82) is 0 Å². The number of carbonyl (C=O) groups excluding carboxylic acids is 1. The van der Waals surface area contributed by atoms with Crippen LogP contribution in [0.1, 0.15) is 22.8 Å². The first-order chi connectivity index (χ1) is 11.4. The van der Waals surface area contributed by atoms with E-state index in [1.165, 1.54) is 6.21 Å². The summed E-state index contributed by atoms with van der Waals surface area (Å²) in [4.78, 5) is 12.3. The number of aromatic hydroxyl groups is 1. The zero-order valence-electron chi connectivity index (χ0n) is 12.5. The van der Waals surface area contributed by atoms with Crippen molar-refractivity contribution in [3.63, 3.8) is 0 Å². The molecule has 5 nitrogen and oxygen atoms in total. The molecule has 126 valence electrons. The smallest absolute Gasteiger partial charge is 0.275 e. The van der Waals surface area contributed by atoms with Crippen LogP contribution in [-0.2, 0) is 0 Å². The molecule has 2 aromatic rings. The van der Waals surface area contributed by atoms with Gasteiger partial charge < -0.3 is 9.84 Å². The summed E-state index contributed by atoms with van der Waals surface area (Å²) in [6.45, 7) is 2.29. The van der Waals surface area contributed by atoms with E-state index >= 15 is 0 Å². The Morgan fingerprint density at radius 2 is 2.00 bits per heavy atom. The molecule has 0 spiro atoms. The summed E-state index contributed by atoms with van der Waals surface area (Å²) in [5.41, 5.74) is 3.25. The number of hydrazone groups is 1. The van der Waals surface area contributed by atoms with Crippen molar-refractivity contribution in [1.82, 2.24) is 5.43 Å². The van der Waals surface area contributed by atoms with Gasteiger partial charge in [0.25, 0.3) is 5.91 Å². The van der Waals surface area contributed by atoms with Crippen LogP contribution in [0.4, 0.5) is 0 Å². The van der Waals surface area contributed by atoms with Crippen LogP contribution in [0.25, 0.3) is 0 Å². The molecule has 1 amide bonds. The zero-order valence-corrected chi connectivity index (χ0v) is 17.3. The first-order valence-electron chi connectivity index (χ1n) is 6.86. The van der Waals surface area contributed by atoms with E-state index in [1.807, 2.05) is 6.92 Å². The van der Waals surface area contributed by atoms with Gasteiger partial charge in [0.15, 0.2) is 0 Å². The molecule has 24 heavy (non-hydrogen) atoms. The van der Waals surface area contributed by atoms with Gasteiger partial charge in [0.1, 0.15) is 11.5 Å². The Labute approximate surface area is 164 Å². The molecule has 0 saturated heterocycles. The molecular weight excluding hydrogens is 508 g/mol. The third-order valence-electron chi connectivity index (χ3n) is 2.91. The van der Waals surface area contributed by atoms with Crippen molar-refractivity contribution < 1.29 is 14.6 Å². The van der Waals surface area contributed by atoms with Gasteiger partial charge in [-0.25, -0.2) is 5.43 Å². The van der Waals surface area contributed by atoms with Crippen LogP contribution in [0.2, 0.25) is 0 Å².